The van der Waals surface area contributed by atoms with E-state index in [2.05, 4.69) is 5.32 Å². The van der Waals surface area contributed by atoms with E-state index < -0.39 is 5.54 Å². The summed E-state index contributed by atoms with van der Waals surface area (Å²) in [6, 6.07) is 0. The number of rotatable bonds is 9. The lowest BCUT2D eigenvalue weighted by Gasteiger charge is -2.25. The Morgan fingerprint density at radius 3 is 2.62 bits per heavy atom. The number of methoxy groups -OCH3 is 1. The molecule has 0 aromatic heterocycles. The van der Waals surface area contributed by atoms with E-state index in [1.807, 2.05) is 6.92 Å². The number of amides is 1. The van der Waals surface area contributed by atoms with E-state index in [9.17, 15) is 4.79 Å². The highest BCUT2D eigenvalue weighted by atomic mass is 16.5. The van der Waals surface area contributed by atoms with Crippen molar-refractivity contribution >= 4 is 5.91 Å². The van der Waals surface area contributed by atoms with Gasteiger partial charge < -0.3 is 20.5 Å². The molecule has 0 aromatic rings. The summed E-state index contributed by atoms with van der Waals surface area (Å²) in [7, 11) is 3.38. The Hall–Kier alpha value is -0.650. The van der Waals surface area contributed by atoms with Gasteiger partial charge in [0.05, 0.1) is 18.2 Å². The van der Waals surface area contributed by atoms with Crippen molar-refractivity contribution in [2.24, 2.45) is 5.73 Å². The van der Waals surface area contributed by atoms with Gasteiger partial charge >= 0.3 is 0 Å². The van der Waals surface area contributed by atoms with Crippen LogP contribution in [0.3, 0.4) is 0 Å². The van der Waals surface area contributed by atoms with Gasteiger partial charge in [0.15, 0.2) is 0 Å². The highest BCUT2D eigenvalue weighted by Crippen LogP contribution is 2.11. The number of ether oxygens (including phenoxy) is 2. The second-order valence-corrected chi connectivity index (χ2v) is 4.19. The van der Waals surface area contributed by atoms with Gasteiger partial charge in [-0.3, -0.25) is 4.79 Å². The van der Waals surface area contributed by atoms with Gasteiger partial charge in [-0.1, -0.05) is 0 Å². The van der Waals surface area contributed by atoms with Crippen LogP contribution < -0.4 is 11.1 Å². The van der Waals surface area contributed by atoms with Gasteiger partial charge in [-0.15, -0.1) is 0 Å². The highest BCUT2D eigenvalue weighted by molar-refractivity contribution is 5.84. The second-order valence-electron chi connectivity index (χ2n) is 4.19. The molecule has 96 valence electrons. The Morgan fingerprint density at radius 2 is 2.19 bits per heavy atom. The normalized spacial score (nSPS) is 16.8. The minimum absolute atomic E-state index is 0.0828. The first-order valence-electron chi connectivity index (χ1n) is 5.55. The predicted octanol–water partition coefficient (Wildman–Crippen LogP) is 0.282. The molecular formula is C11H24N2O3. The molecule has 0 aliphatic carbocycles. The SMILES string of the molecule is CNC(C)(CCCOC(C)COC)C(N)=O. The van der Waals surface area contributed by atoms with E-state index in [-0.39, 0.29) is 12.0 Å². The zero-order valence-electron chi connectivity index (χ0n) is 10.7. The summed E-state index contributed by atoms with van der Waals surface area (Å²) >= 11 is 0. The Bertz CT molecular complexity index is 211. The average Bonchev–Trinajstić information content (AvgIpc) is 2.24. The van der Waals surface area contributed by atoms with Crippen molar-refractivity contribution in [3.8, 4) is 0 Å². The monoisotopic (exact) mass is 232 g/mol. The molecule has 0 bridgehead atoms. The molecule has 0 heterocycles. The molecule has 0 radical (unpaired) electrons. The van der Waals surface area contributed by atoms with Gasteiger partial charge in [-0.2, -0.15) is 0 Å². The third-order valence-corrected chi connectivity index (χ3v) is 2.72. The van der Waals surface area contributed by atoms with Crippen LogP contribution in [0, 0.1) is 0 Å². The maximum atomic E-state index is 11.2. The fourth-order valence-electron chi connectivity index (χ4n) is 1.36. The molecule has 0 fully saturated rings. The zero-order chi connectivity index (χ0) is 12.6. The lowest BCUT2D eigenvalue weighted by molar-refractivity contribution is -0.124. The molecule has 3 N–H and O–H groups in total. The molecule has 1 amide bonds. The van der Waals surface area contributed by atoms with Crippen molar-refractivity contribution in [1.82, 2.24) is 5.32 Å². The molecule has 0 aromatic carbocycles. The first-order valence-corrected chi connectivity index (χ1v) is 5.55. The summed E-state index contributed by atoms with van der Waals surface area (Å²) in [6.45, 7) is 4.94. The van der Waals surface area contributed by atoms with Crippen molar-refractivity contribution in [1.29, 1.82) is 0 Å². The van der Waals surface area contributed by atoms with Crippen molar-refractivity contribution in [3.05, 3.63) is 0 Å². The third-order valence-electron chi connectivity index (χ3n) is 2.72. The van der Waals surface area contributed by atoms with Gasteiger partial charge in [0.25, 0.3) is 0 Å². The van der Waals surface area contributed by atoms with Crippen LogP contribution >= 0.6 is 0 Å². The largest absolute Gasteiger partial charge is 0.382 e. The Balaban J connectivity index is 3.76. The summed E-state index contributed by atoms with van der Waals surface area (Å²) < 4.78 is 10.4. The Morgan fingerprint density at radius 1 is 1.56 bits per heavy atom. The van der Waals surface area contributed by atoms with Gasteiger partial charge in [0, 0.05) is 13.7 Å². The van der Waals surface area contributed by atoms with Gasteiger partial charge in [0.1, 0.15) is 0 Å². The topological polar surface area (TPSA) is 73.6 Å². The number of primary amides is 1. The maximum absolute atomic E-state index is 11.2. The van der Waals surface area contributed by atoms with Crippen LogP contribution in [0.2, 0.25) is 0 Å². The average molecular weight is 232 g/mol. The molecular weight excluding hydrogens is 208 g/mol. The van der Waals surface area contributed by atoms with E-state index in [0.29, 0.717) is 19.6 Å². The standard InChI is InChI=1S/C11H24N2O3/c1-9(8-15-4)16-7-5-6-11(2,13-3)10(12)14/h9,13H,5-8H2,1-4H3,(H2,12,14). The molecule has 5 heteroatoms. The fraction of sp³-hybridized carbons (Fsp3) is 0.909. The number of hydrogen-bond donors (Lipinski definition) is 2. The van der Waals surface area contributed by atoms with Gasteiger partial charge in [-0.05, 0) is 33.7 Å². The third kappa shape index (κ3) is 5.44. The van der Waals surface area contributed by atoms with Crippen LogP contribution in [-0.2, 0) is 14.3 Å². The van der Waals surface area contributed by atoms with E-state index in [0.717, 1.165) is 6.42 Å². The lowest BCUT2D eigenvalue weighted by Crippen LogP contribution is -2.51. The second kappa shape index (κ2) is 7.60. The number of hydrogen-bond acceptors (Lipinski definition) is 4. The van der Waals surface area contributed by atoms with E-state index in [1.54, 1.807) is 21.1 Å². The number of likely N-dealkylation sites (N-methyl/N-ethyl adjacent to an activating group) is 1. The van der Waals surface area contributed by atoms with Gasteiger partial charge in [-0.25, -0.2) is 0 Å². The number of carbonyl (C=O) groups is 1. The molecule has 0 saturated carbocycles. The summed E-state index contributed by atoms with van der Waals surface area (Å²) in [6.07, 6.45) is 1.53. The lowest BCUT2D eigenvalue weighted by atomic mass is 9.95. The first kappa shape index (κ1) is 15.3. The van der Waals surface area contributed by atoms with Crippen LogP contribution in [0.5, 0.6) is 0 Å². The van der Waals surface area contributed by atoms with Crippen LogP contribution in [0.1, 0.15) is 26.7 Å². The van der Waals surface area contributed by atoms with Crippen LogP contribution in [0.15, 0.2) is 0 Å². The van der Waals surface area contributed by atoms with Crippen LogP contribution in [0.25, 0.3) is 0 Å². The van der Waals surface area contributed by atoms with Crippen molar-refractivity contribution in [2.45, 2.75) is 38.3 Å². The molecule has 2 unspecified atom stereocenters. The van der Waals surface area contributed by atoms with Gasteiger partial charge in [0.2, 0.25) is 5.91 Å². The van der Waals surface area contributed by atoms with Crippen molar-refractivity contribution < 1.29 is 14.3 Å². The Labute approximate surface area is 97.7 Å². The number of carbonyl (C=O) groups excluding carboxylic acids is 1. The van der Waals surface area contributed by atoms with Crippen LogP contribution in [-0.4, -0.2) is 44.9 Å². The molecule has 2 atom stereocenters. The van der Waals surface area contributed by atoms with Crippen LogP contribution in [0.4, 0.5) is 0 Å². The smallest absolute Gasteiger partial charge is 0.237 e. The summed E-state index contributed by atoms with van der Waals surface area (Å²) in [5, 5.41) is 2.94. The first-order chi connectivity index (χ1) is 7.46. The molecule has 16 heavy (non-hydrogen) atoms. The van der Waals surface area contributed by atoms with Crippen molar-refractivity contribution in [2.75, 3.05) is 27.4 Å². The predicted molar refractivity (Wildman–Crippen MR) is 63.2 cm³/mol. The fourth-order valence-corrected chi connectivity index (χ4v) is 1.36. The number of nitrogens with one attached hydrogen (secondary N) is 1. The minimum atomic E-state index is -0.645. The number of nitrogens with two attached hydrogens (primary N) is 1. The molecule has 0 aliphatic rings. The Kier molecular flexibility index (Phi) is 7.29. The van der Waals surface area contributed by atoms with E-state index in [4.69, 9.17) is 15.2 Å². The van der Waals surface area contributed by atoms with Crippen molar-refractivity contribution in [3.63, 3.8) is 0 Å². The molecule has 0 spiro atoms. The van der Waals surface area contributed by atoms with E-state index in [1.165, 1.54) is 0 Å². The maximum Gasteiger partial charge on any atom is 0.237 e. The molecule has 0 saturated heterocycles. The molecule has 0 rings (SSSR count). The highest BCUT2D eigenvalue weighted by Gasteiger charge is 2.27. The summed E-state index contributed by atoms with van der Waals surface area (Å²) in [5.74, 6) is -0.333. The minimum Gasteiger partial charge on any atom is -0.382 e. The molecule has 5 nitrogen and oxygen atoms in total. The zero-order valence-corrected chi connectivity index (χ0v) is 10.7. The summed E-state index contributed by atoms with van der Waals surface area (Å²) in [4.78, 5) is 11.2. The molecule has 0 aliphatic heterocycles. The van der Waals surface area contributed by atoms with E-state index >= 15 is 0 Å². The quantitative estimate of drug-likeness (QED) is 0.560. The summed E-state index contributed by atoms with van der Waals surface area (Å²) in [5.41, 5.74) is 4.66.